The Balaban J connectivity index is 2.56. The Labute approximate surface area is 82.3 Å². The zero-order valence-electron chi connectivity index (χ0n) is 7.46. The molecule has 0 spiro atoms. The molecule has 1 aromatic rings. The van der Waals surface area contributed by atoms with E-state index in [2.05, 4.69) is 4.98 Å². The van der Waals surface area contributed by atoms with E-state index in [0.29, 0.717) is 18.2 Å². The van der Waals surface area contributed by atoms with Crippen LogP contribution < -0.4 is 4.74 Å². The minimum absolute atomic E-state index is 0.139. The average Bonchev–Trinajstić information content (AvgIpc) is 2.09. The molecule has 0 unspecified atom stereocenters. The van der Waals surface area contributed by atoms with Gasteiger partial charge in [-0.05, 0) is 18.6 Å². The van der Waals surface area contributed by atoms with Crippen LogP contribution in [-0.4, -0.2) is 23.3 Å². The summed E-state index contributed by atoms with van der Waals surface area (Å²) in [5, 5.41) is 9.01. The van der Waals surface area contributed by atoms with Crippen molar-refractivity contribution in [2.75, 3.05) is 13.2 Å². The predicted molar refractivity (Wildman–Crippen MR) is 51.2 cm³/mol. The van der Waals surface area contributed by atoms with Crippen molar-refractivity contribution < 1.29 is 9.84 Å². The van der Waals surface area contributed by atoms with Gasteiger partial charge in [0.05, 0.1) is 12.8 Å². The number of aliphatic hydroxyl groups excluding tert-OH is 1. The Morgan fingerprint density at radius 1 is 1.62 bits per heavy atom. The van der Waals surface area contributed by atoms with Gasteiger partial charge in [-0.1, -0.05) is 11.6 Å². The highest BCUT2D eigenvalue weighted by atomic mass is 35.5. The lowest BCUT2D eigenvalue weighted by Crippen LogP contribution is -2.01. The Morgan fingerprint density at radius 2 is 2.38 bits per heavy atom. The molecule has 0 bridgehead atoms. The molecule has 0 aromatic carbocycles. The highest BCUT2D eigenvalue weighted by Crippen LogP contribution is 2.18. The fourth-order valence-electron chi connectivity index (χ4n) is 0.907. The fraction of sp³-hybridized carbons (Fsp3) is 0.444. The molecule has 1 rings (SSSR count). The number of pyridine rings is 1. The molecule has 0 aliphatic heterocycles. The molecule has 0 atom stereocenters. The summed E-state index contributed by atoms with van der Waals surface area (Å²) in [6.07, 6.45) is 2.22. The number of aromatic nitrogens is 1. The molecule has 0 aliphatic rings. The smallest absolute Gasteiger partial charge is 0.140 e. The van der Waals surface area contributed by atoms with Crippen LogP contribution in [-0.2, 0) is 0 Å². The van der Waals surface area contributed by atoms with Crippen LogP contribution in [0.2, 0.25) is 5.15 Å². The highest BCUT2D eigenvalue weighted by molar-refractivity contribution is 6.29. The first kappa shape index (κ1) is 10.3. The quantitative estimate of drug-likeness (QED) is 0.597. The molecule has 0 amide bonds. The van der Waals surface area contributed by atoms with Gasteiger partial charge in [0.1, 0.15) is 10.9 Å². The zero-order valence-corrected chi connectivity index (χ0v) is 8.21. The van der Waals surface area contributed by atoms with E-state index in [-0.39, 0.29) is 6.61 Å². The largest absolute Gasteiger partial charge is 0.492 e. The van der Waals surface area contributed by atoms with Crippen LogP contribution in [0.15, 0.2) is 12.3 Å². The molecule has 0 aliphatic carbocycles. The Morgan fingerprint density at radius 3 is 3.00 bits per heavy atom. The third-order valence-electron chi connectivity index (χ3n) is 1.59. The van der Waals surface area contributed by atoms with Crippen LogP contribution in [0.4, 0.5) is 0 Å². The molecular weight excluding hydrogens is 190 g/mol. The minimum Gasteiger partial charge on any atom is -0.492 e. The first-order valence-electron chi connectivity index (χ1n) is 4.10. The fourth-order valence-corrected chi connectivity index (χ4v) is 1.12. The summed E-state index contributed by atoms with van der Waals surface area (Å²) in [6.45, 7) is 2.54. The molecule has 0 fully saturated rings. The monoisotopic (exact) mass is 201 g/mol. The first-order chi connectivity index (χ1) is 6.24. The van der Waals surface area contributed by atoms with E-state index < -0.39 is 0 Å². The van der Waals surface area contributed by atoms with Gasteiger partial charge in [0.2, 0.25) is 0 Å². The van der Waals surface area contributed by atoms with E-state index in [1.165, 1.54) is 0 Å². The normalized spacial score (nSPS) is 10.1. The molecule has 0 saturated heterocycles. The number of nitrogens with zero attached hydrogens (tertiary/aromatic N) is 1. The molecule has 3 nitrogen and oxygen atoms in total. The van der Waals surface area contributed by atoms with E-state index in [0.717, 1.165) is 11.3 Å². The summed E-state index contributed by atoms with van der Waals surface area (Å²) in [6, 6.07) is 1.75. The van der Waals surface area contributed by atoms with Gasteiger partial charge < -0.3 is 9.84 Å². The summed E-state index contributed by atoms with van der Waals surface area (Å²) in [4.78, 5) is 3.90. The molecule has 1 aromatic heterocycles. The summed E-state index contributed by atoms with van der Waals surface area (Å²) >= 11 is 5.67. The van der Waals surface area contributed by atoms with Crippen molar-refractivity contribution in [1.82, 2.24) is 4.98 Å². The van der Waals surface area contributed by atoms with E-state index in [1.54, 1.807) is 12.3 Å². The van der Waals surface area contributed by atoms with Gasteiger partial charge in [0.15, 0.2) is 0 Å². The maximum atomic E-state index is 8.54. The standard InChI is InChI=1S/C9H12ClNO2/c1-7-5-9(10)11-6-8(7)13-4-2-3-12/h5-6,12H,2-4H2,1H3. The molecular formula is C9H12ClNO2. The van der Waals surface area contributed by atoms with Crippen molar-refractivity contribution in [3.63, 3.8) is 0 Å². The van der Waals surface area contributed by atoms with Gasteiger partial charge in [0.25, 0.3) is 0 Å². The number of halogens is 1. The molecule has 72 valence electrons. The summed E-state index contributed by atoms with van der Waals surface area (Å²) < 4.78 is 5.35. The van der Waals surface area contributed by atoms with Crippen LogP contribution in [0.5, 0.6) is 5.75 Å². The third kappa shape index (κ3) is 3.20. The van der Waals surface area contributed by atoms with Crippen molar-refractivity contribution >= 4 is 11.6 Å². The van der Waals surface area contributed by atoms with Crippen LogP contribution in [0.1, 0.15) is 12.0 Å². The molecule has 0 saturated carbocycles. The van der Waals surface area contributed by atoms with E-state index >= 15 is 0 Å². The van der Waals surface area contributed by atoms with Gasteiger partial charge in [-0.2, -0.15) is 0 Å². The molecule has 1 N–H and O–H groups in total. The van der Waals surface area contributed by atoms with E-state index in [1.807, 2.05) is 6.92 Å². The lowest BCUT2D eigenvalue weighted by molar-refractivity contribution is 0.232. The average molecular weight is 202 g/mol. The number of aryl methyl sites for hydroxylation is 1. The first-order valence-corrected chi connectivity index (χ1v) is 4.47. The van der Waals surface area contributed by atoms with Crippen LogP contribution in [0, 0.1) is 6.92 Å². The van der Waals surface area contributed by atoms with Gasteiger partial charge in [-0.3, -0.25) is 0 Å². The summed E-state index contributed by atoms with van der Waals surface area (Å²) in [5.74, 6) is 0.720. The Kier molecular flexibility index (Phi) is 3.99. The van der Waals surface area contributed by atoms with Crippen molar-refractivity contribution in [2.24, 2.45) is 0 Å². The zero-order chi connectivity index (χ0) is 9.68. The van der Waals surface area contributed by atoms with Crippen LogP contribution in [0.3, 0.4) is 0 Å². The molecule has 13 heavy (non-hydrogen) atoms. The van der Waals surface area contributed by atoms with Crippen molar-refractivity contribution in [1.29, 1.82) is 0 Å². The van der Waals surface area contributed by atoms with Gasteiger partial charge in [-0.15, -0.1) is 0 Å². The molecule has 1 heterocycles. The van der Waals surface area contributed by atoms with E-state index in [9.17, 15) is 0 Å². The Hall–Kier alpha value is -0.800. The maximum absolute atomic E-state index is 8.54. The van der Waals surface area contributed by atoms with Crippen molar-refractivity contribution in [3.05, 3.63) is 23.0 Å². The third-order valence-corrected chi connectivity index (χ3v) is 1.80. The second-order valence-electron chi connectivity index (χ2n) is 2.70. The minimum atomic E-state index is 0.139. The number of rotatable bonds is 4. The highest BCUT2D eigenvalue weighted by Gasteiger charge is 2.00. The molecule has 4 heteroatoms. The van der Waals surface area contributed by atoms with Gasteiger partial charge in [-0.25, -0.2) is 4.98 Å². The SMILES string of the molecule is Cc1cc(Cl)ncc1OCCCO. The van der Waals surface area contributed by atoms with Crippen LogP contribution in [0.25, 0.3) is 0 Å². The predicted octanol–water partition coefficient (Wildman–Crippen LogP) is 1.80. The number of aliphatic hydroxyl groups is 1. The van der Waals surface area contributed by atoms with Gasteiger partial charge >= 0.3 is 0 Å². The maximum Gasteiger partial charge on any atom is 0.140 e. The number of hydrogen-bond acceptors (Lipinski definition) is 3. The van der Waals surface area contributed by atoms with Crippen molar-refractivity contribution in [2.45, 2.75) is 13.3 Å². The lowest BCUT2D eigenvalue weighted by Gasteiger charge is -2.07. The summed E-state index contributed by atoms with van der Waals surface area (Å²) in [5.41, 5.74) is 0.956. The topological polar surface area (TPSA) is 42.4 Å². The van der Waals surface area contributed by atoms with Crippen molar-refractivity contribution in [3.8, 4) is 5.75 Å². The number of hydrogen-bond donors (Lipinski definition) is 1. The van der Waals surface area contributed by atoms with E-state index in [4.69, 9.17) is 21.4 Å². The lowest BCUT2D eigenvalue weighted by atomic mass is 10.3. The van der Waals surface area contributed by atoms with Crippen LogP contribution >= 0.6 is 11.6 Å². The number of ether oxygens (including phenoxy) is 1. The second kappa shape index (κ2) is 5.04. The molecule has 0 radical (unpaired) electrons. The summed E-state index contributed by atoms with van der Waals surface area (Å²) in [7, 11) is 0. The Bertz CT molecular complexity index is 278. The second-order valence-corrected chi connectivity index (χ2v) is 3.09. The van der Waals surface area contributed by atoms with Gasteiger partial charge in [0, 0.05) is 13.0 Å².